The van der Waals surface area contributed by atoms with E-state index in [9.17, 15) is 9.18 Å². The molecular formula is C25H15ClFNO. The molecule has 0 bridgehead atoms. The molecule has 0 radical (unpaired) electrons. The lowest BCUT2D eigenvalue weighted by Crippen LogP contribution is -2.02. The third kappa shape index (κ3) is 4.13. The van der Waals surface area contributed by atoms with Gasteiger partial charge in [-0.2, -0.15) is 0 Å². The van der Waals surface area contributed by atoms with Gasteiger partial charge in [0.2, 0.25) is 0 Å². The van der Waals surface area contributed by atoms with Gasteiger partial charge < -0.3 is 4.98 Å². The standard InChI is InChI=1S/C25H15ClFNO/c26-20-10-8-18(9-11-20)25(29)24-16-28-15-23(24)22-13-12-21(27)14-19(22)7-6-17-4-2-1-3-5-17/h1-5,8-16,28H. The Morgan fingerprint density at radius 1 is 0.862 bits per heavy atom. The number of H-pyrrole nitrogens is 1. The number of ketones is 1. The lowest BCUT2D eigenvalue weighted by molar-refractivity contribution is 0.103. The number of hydrogen-bond donors (Lipinski definition) is 1. The first-order valence-corrected chi connectivity index (χ1v) is 9.33. The van der Waals surface area contributed by atoms with E-state index < -0.39 is 0 Å². The molecule has 0 aliphatic rings. The number of aromatic amines is 1. The Bertz CT molecular complexity index is 1230. The second-order valence-corrected chi connectivity index (χ2v) is 6.86. The Morgan fingerprint density at radius 3 is 2.38 bits per heavy atom. The summed E-state index contributed by atoms with van der Waals surface area (Å²) in [7, 11) is 0. The highest BCUT2D eigenvalue weighted by molar-refractivity contribution is 6.30. The van der Waals surface area contributed by atoms with Crippen molar-refractivity contribution in [3.63, 3.8) is 0 Å². The summed E-state index contributed by atoms with van der Waals surface area (Å²) in [5, 5.41) is 0.563. The number of carbonyl (C=O) groups excluding carboxylic acids is 1. The first kappa shape index (κ1) is 18.7. The highest BCUT2D eigenvalue weighted by Crippen LogP contribution is 2.29. The third-order valence-corrected chi connectivity index (χ3v) is 4.74. The highest BCUT2D eigenvalue weighted by Gasteiger charge is 2.18. The molecule has 0 unspecified atom stereocenters. The summed E-state index contributed by atoms with van der Waals surface area (Å²) in [5.41, 5.74) is 3.71. The van der Waals surface area contributed by atoms with Crippen LogP contribution in [0.2, 0.25) is 5.02 Å². The van der Waals surface area contributed by atoms with Crippen LogP contribution in [0, 0.1) is 17.7 Å². The summed E-state index contributed by atoms with van der Waals surface area (Å²) in [6, 6.07) is 20.6. The van der Waals surface area contributed by atoms with Crippen molar-refractivity contribution in [3.8, 4) is 23.0 Å². The Hall–Kier alpha value is -3.61. The summed E-state index contributed by atoms with van der Waals surface area (Å²) in [5.74, 6) is 5.56. The lowest BCUT2D eigenvalue weighted by atomic mass is 9.95. The molecule has 0 fully saturated rings. The normalized spacial score (nSPS) is 10.3. The molecule has 0 saturated heterocycles. The number of benzene rings is 3. The quantitative estimate of drug-likeness (QED) is 0.327. The molecule has 0 amide bonds. The Labute approximate surface area is 173 Å². The van der Waals surface area contributed by atoms with Gasteiger partial charge in [-0.1, -0.05) is 47.7 Å². The highest BCUT2D eigenvalue weighted by atomic mass is 35.5. The molecule has 0 aliphatic carbocycles. The molecule has 0 aliphatic heterocycles. The fraction of sp³-hybridized carbons (Fsp3) is 0. The van der Waals surface area contributed by atoms with Crippen molar-refractivity contribution in [2.75, 3.05) is 0 Å². The van der Waals surface area contributed by atoms with Crippen molar-refractivity contribution < 1.29 is 9.18 Å². The summed E-state index contributed by atoms with van der Waals surface area (Å²) in [6.07, 6.45) is 3.37. The zero-order valence-electron chi connectivity index (χ0n) is 15.2. The van der Waals surface area contributed by atoms with Gasteiger partial charge >= 0.3 is 0 Å². The van der Waals surface area contributed by atoms with E-state index in [1.165, 1.54) is 12.1 Å². The molecule has 4 aromatic rings. The van der Waals surface area contributed by atoms with Crippen LogP contribution in [-0.4, -0.2) is 10.8 Å². The molecule has 1 N–H and O–H groups in total. The van der Waals surface area contributed by atoms with Gasteiger partial charge in [-0.25, -0.2) is 4.39 Å². The summed E-state index contributed by atoms with van der Waals surface area (Å²) in [6.45, 7) is 0. The molecule has 0 atom stereocenters. The van der Waals surface area contributed by atoms with E-state index in [-0.39, 0.29) is 11.6 Å². The maximum absolute atomic E-state index is 13.9. The van der Waals surface area contributed by atoms with Crippen LogP contribution in [0.25, 0.3) is 11.1 Å². The first-order chi connectivity index (χ1) is 14.1. The van der Waals surface area contributed by atoms with E-state index in [2.05, 4.69) is 16.8 Å². The summed E-state index contributed by atoms with van der Waals surface area (Å²) < 4.78 is 13.9. The number of aromatic nitrogens is 1. The van der Waals surface area contributed by atoms with Crippen LogP contribution in [0.5, 0.6) is 0 Å². The zero-order valence-corrected chi connectivity index (χ0v) is 16.0. The van der Waals surface area contributed by atoms with Crippen molar-refractivity contribution in [2.45, 2.75) is 0 Å². The van der Waals surface area contributed by atoms with Crippen molar-refractivity contribution in [3.05, 3.63) is 118 Å². The van der Waals surface area contributed by atoms with E-state index in [4.69, 9.17) is 11.6 Å². The lowest BCUT2D eigenvalue weighted by Gasteiger charge is -2.07. The second kappa shape index (κ2) is 8.18. The van der Waals surface area contributed by atoms with Crippen LogP contribution < -0.4 is 0 Å². The molecule has 29 heavy (non-hydrogen) atoms. The van der Waals surface area contributed by atoms with Crippen LogP contribution in [0.15, 0.2) is 85.2 Å². The number of halogens is 2. The average Bonchev–Trinajstić information content (AvgIpc) is 3.23. The molecule has 3 aromatic carbocycles. The van der Waals surface area contributed by atoms with Gasteiger partial charge in [0.15, 0.2) is 5.78 Å². The topological polar surface area (TPSA) is 32.9 Å². The molecule has 0 saturated carbocycles. The average molecular weight is 400 g/mol. The van der Waals surface area contributed by atoms with Gasteiger partial charge in [0, 0.05) is 45.2 Å². The molecule has 1 aromatic heterocycles. The van der Waals surface area contributed by atoms with Crippen molar-refractivity contribution in [2.24, 2.45) is 0 Å². The molecule has 4 heteroatoms. The number of hydrogen-bond acceptors (Lipinski definition) is 1. The van der Waals surface area contributed by atoms with Gasteiger partial charge in [0.1, 0.15) is 5.82 Å². The van der Waals surface area contributed by atoms with Crippen LogP contribution in [-0.2, 0) is 0 Å². The maximum atomic E-state index is 13.9. The van der Waals surface area contributed by atoms with Gasteiger partial charge in [-0.15, -0.1) is 0 Å². The van der Waals surface area contributed by atoms with Crippen LogP contribution in [0.4, 0.5) is 4.39 Å². The Morgan fingerprint density at radius 2 is 1.62 bits per heavy atom. The molecule has 0 spiro atoms. The predicted octanol–water partition coefficient (Wildman–Crippen LogP) is 6.11. The summed E-state index contributed by atoms with van der Waals surface area (Å²) in [4.78, 5) is 16.0. The van der Waals surface area contributed by atoms with E-state index in [0.29, 0.717) is 32.8 Å². The molecular weight excluding hydrogens is 385 g/mol. The SMILES string of the molecule is O=C(c1ccc(Cl)cc1)c1c[nH]cc1-c1ccc(F)cc1C#Cc1ccccc1. The van der Waals surface area contributed by atoms with E-state index in [0.717, 1.165) is 5.56 Å². The Kier molecular flexibility index (Phi) is 5.29. The number of carbonyl (C=O) groups is 1. The maximum Gasteiger partial charge on any atom is 0.195 e. The van der Waals surface area contributed by atoms with Crippen LogP contribution in [0.1, 0.15) is 27.0 Å². The fourth-order valence-corrected chi connectivity index (χ4v) is 3.17. The number of nitrogens with one attached hydrogen (secondary N) is 1. The third-order valence-electron chi connectivity index (χ3n) is 4.48. The van der Waals surface area contributed by atoms with E-state index >= 15 is 0 Å². The van der Waals surface area contributed by atoms with Crippen molar-refractivity contribution >= 4 is 17.4 Å². The van der Waals surface area contributed by atoms with E-state index in [1.54, 1.807) is 42.7 Å². The summed E-state index contributed by atoms with van der Waals surface area (Å²) >= 11 is 5.92. The van der Waals surface area contributed by atoms with Gasteiger partial charge in [-0.05, 0) is 54.1 Å². The van der Waals surface area contributed by atoms with Crippen molar-refractivity contribution in [1.82, 2.24) is 4.98 Å². The number of rotatable bonds is 3. The second-order valence-electron chi connectivity index (χ2n) is 6.42. The molecule has 1 heterocycles. The minimum atomic E-state index is -0.382. The fourth-order valence-electron chi connectivity index (χ4n) is 3.05. The first-order valence-electron chi connectivity index (χ1n) is 8.96. The monoisotopic (exact) mass is 399 g/mol. The van der Waals surface area contributed by atoms with Gasteiger partial charge in [-0.3, -0.25) is 4.79 Å². The smallest absolute Gasteiger partial charge is 0.195 e. The van der Waals surface area contributed by atoms with Gasteiger partial charge in [0.05, 0.1) is 0 Å². The minimum Gasteiger partial charge on any atom is -0.366 e. The molecule has 2 nitrogen and oxygen atoms in total. The zero-order chi connectivity index (χ0) is 20.2. The van der Waals surface area contributed by atoms with Crippen LogP contribution in [0.3, 0.4) is 0 Å². The Balaban J connectivity index is 1.77. The van der Waals surface area contributed by atoms with Crippen LogP contribution >= 0.6 is 11.6 Å². The van der Waals surface area contributed by atoms with Crippen molar-refractivity contribution in [1.29, 1.82) is 0 Å². The predicted molar refractivity (Wildman–Crippen MR) is 113 cm³/mol. The molecule has 140 valence electrons. The van der Waals surface area contributed by atoms with Gasteiger partial charge in [0.25, 0.3) is 0 Å². The minimum absolute atomic E-state index is 0.149. The van der Waals surface area contributed by atoms with E-state index in [1.807, 2.05) is 30.3 Å². The largest absolute Gasteiger partial charge is 0.366 e. The molecule has 4 rings (SSSR count).